The number of hydrogen-bond acceptors (Lipinski definition) is 2. The summed E-state index contributed by atoms with van der Waals surface area (Å²) >= 11 is 0. The number of aliphatic hydroxyl groups is 2. The third-order valence-corrected chi connectivity index (χ3v) is 9.29. The maximum atomic E-state index is 10.3. The molecular formula is C21H36O2. The van der Waals surface area contributed by atoms with Gasteiger partial charge in [-0.15, -0.1) is 0 Å². The Kier molecular flexibility index (Phi) is 3.89. The lowest BCUT2D eigenvalue weighted by molar-refractivity contribution is -0.132. The van der Waals surface area contributed by atoms with E-state index < -0.39 is 0 Å². The molecule has 0 amide bonds. The fraction of sp³-hybridized carbons (Fsp3) is 1.00. The molecule has 4 fully saturated rings. The number of hydrogen-bond donors (Lipinski definition) is 2. The van der Waals surface area contributed by atoms with Crippen molar-refractivity contribution in [3.63, 3.8) is 0 Å². The molecule has 0 heterocycles. The summed E-state index contributed by atoms with van der Waals surface area (Å²) in [5.41, 5.74) is 0.860. The molecule has 0 radical (unpaired) electrons. The second kappa shape index (κ2) is 5.46. The predicted molar refractivity (Wildman–Crippen MR) is 92.9 cm³/mol. The Labute approximate surface area is 142 Å². The van der Waals surface area contributed by atoms with Gasteiger partial charge in [0, 0.05) is 0 Å². The van der Waals surface area contributed by atoms with Crippen LogP contribution in [0.5, 0.6) is 0 Å². The molecule has 9 atom stereocenters. The first kappa shape index (κ1) is 16.4. The van der Waals surface area contributed by atoms with Crippen molar-refractivity contribution in [3.8, 4) is 0 Å². The summed E-state index contributed by atoms with van der Waals surface area (Å²) in [6.07, 6.45) is 11.1. The van der Waals surface area contributed by atoms with E-state index in [2.05, 4.69) is 13.8 Å². The molecule has 0 aliphatic heterocycles. The Morgan fingerprint density at radius 1 is 0.870 bits per heavy atom. The van der Waals surface area contributed by atoms with Gasteiger partial charge in [-0.1, -0.05) is 13.8 Å². The van der Waals surface area contributed by atoms with Crippen molar-refractivity contribution in [3.05, 3.63) is 0 Å². The van der Waals surface area contributed by atoms with Gasteiger partial charge in [-0.3, -0.25) is 0 Å². The van der Waals surface area contributed by atoms with Gasteiger partial charge in [-0.25, -0.2) is 0 Å². The molecule has 23 heavy (non-hydrogen) atoms. The minimum Gasteiger partial charge on any atom is -0.393 e. The zero-order valence-electron chi connectivity index (χ0n) is 15.3. The summed E-state index contributed by atoms with van der Waals surface area (Å²) in [5, 5.41) is 20.4. The van der Waals surface area contributed by atoms with Crippen LogP contribution in [0.3, 0.4) is 0 Å². The number of rotatable bonds is 1. The number of aliphatic hydroxyl groups excluding tert-OH is 2. The molecule has 4 saturated carbocycles. The molecule has 2 heteroatoms. The molecule has 0 aromatic rings. The summed E-state index contributed by atoms with van der Waals surface area (Å²) in [4.78, 5) is 0. The highest BCUT2D eigenvalue weighted by molar-refractivity contribution is 5.09. The van der Waals surface area contributed by atoms with Crippen LogP contribution >= 0.6 is 0 Å². The summed E-state index contributed by atoms with van der Waals surface area (Å²) in [5.74, 6) is 3.87. The van der Waals surface area contributed by atoms with Crippen LogP contribution in [0, 0.1) is 40.4 Å². The average Bonchev–Trinajstić information content (AvgIpc) is 2.85. The van der Waals surface area contributed by atoms with Gasteiger partial charge >= 0.3 is 0 Å². The Morgan fingerprint density at radius 3 is 2.30 bits per heavy atom. The lowest BCUT2D eigenvalue weighted by Gasteiger charge is -2.61. The molecule has 2 nitrogen and oxygen atoms in total. The molecule has 4 rings (SSSR count). The highest BCUT2D eigenvalue weighted by Gasteiger charge is 2.60. The molecule has 0 unspecified atom stereocenters. The number of fused-ring (bicyclic) bond motifs is 5. The van der Waals surface area contributed by atoms with Crippen LogP contribution in [0.1, 0.15) is 78.6 Å². The van der Waals surface area contributed by atoms with Gasteiger partial charge in [-0.05, 0) is 105 Å². The largest absolute Gasteiger partial charge is 0.393 e. The van der Waals surface area contributed by atoms with Gasteiger partial charge in [0.05, 0.1) is 12.2 Å². The molecule has 4 aliphatic carbocycles. The normalized spacial score (nSPS) is 57.3. The quantitative estimate of drug-likeness (QED) is 0.752. The fourth-order valence-electron chi connectivity index (χ4n) is 8.07. The maximum absolute atomic E-state index is 10.3. The zero-order chi connectivity index (χ0) is 16.4. The van der Waals surface area contributed by atoms with Gasteiger partial charge in [0.1, 0.15) is 0 Å². The third kappa shape index (κ3) is 2.27. The standard InChI is InChI=1S/C21H36O2/c1-13(22)17-6-7-18-16-5-4-14-12-15(23)8-10-20(14,2)19(16)9-11-21(17,18)3/h13-19,22-23H,4-12H2,1-3H3/t13-,14-,15+,16-,17-,18+,19+,20-,21-/m0/s1. The zero-order valence-corrected chi connectivity index (χ0v) is 15.3. The highest BCUT2D eigenvalue weighted by atomic mass is 16.3. The summed E-state index contributed by atoms with van der Waals surface area (Å²) in [7, 11) is 0. The van der Waals surface area contributed by atoms with Crippen molar-refractivity contribution in [2.24, 2.45) is 40.4 Å². The van der Waals surface area contributed by atoms with E-state index in [4.69, 9.17) is 0 Å². The van der Waals surface area contributed by atoms with Crippen LogP contribution < -0.4 is 0 Å². The monoisotopic (exact) mass is 320 g/mol. The summed E-state index contributed by atoms with van der Waals surface area (Å²) < 4.78 is 0. The van der Waals surface area contributed by atoms with E-state index in [9.17, 15) is 10.2 Å². The minimum absolute atomic E-state index is 0.0374. The van der Waals surface area contributed by atoms with Crippen LogP contribution in [0.4, 0.5) is 0 Å². The first-order valence-corrected chi connectivity index (χ1v) is 10.2. The van der Waals surface area contributed by atoms with Gasteiger partial charge in [0.2, 0.25) is 0 Å². The molecule has 132 valence electrons. The summed E-state index contributed by atoms with van der Waals surface area (Å²) in [6, 6.07) is 0. The van der Waals surface area contributed by atoms with Gasteiger partial charge < -0.3 is 10.2 Å². The van der Waals surface area contributed by atoms with Crippen LogP contribution in [0.25, 0.3) is 0 Å². The molecule has 0 aromatic carbocycles. The van der Waals surface area contributed by atoms with E-state index in [1.807, 2.05) is 6.92 Å². The predicted octanol–water partition coefficient (Wildman–Crippen LogP) is 4.39. The minimum atomic E-state index is -0.140. The van der Waals surface area contributed by atoms with Crippen LogP contribution in [0.2, 0.25) is 0 Å². The molecule has 0 bridgehead atoms. The topological polar surface area (TPSA) is 40.5 Å². The fourth-order valence-corrected chi connectivity index (χ4v) is 8.07. The Hall–Kier alpha value is -0.0800. The van der Waals surface area contributed by atoms with Crippen molar-refractivity contribution in [1.29, 1.82) is 0 Å². The smallest absolute Gasteiger partial charge is 0.0545 e. The first-order valence-electron chi connectivity index (χ1n) is 10.2. The van der Waals surface area contributed by atoms with Crippen molar-refractivity contribution in [2.45, 2.75) is 90.8 Å². The second-order valence-electron chi connectivity index (χ2n) is 10.1. The lowest BCUT2D eigenvalue weighted by atomic mass is 9.44. The van der Waals surface area contributed by atoms with Crippen LogP contribution in [-0.4, -0.2) is 22.4 Å². The second-order valence-corrected chi connectivity index (χ2v) is 10.1. The van der Waals surface area contributed by atoms with E-state index in [0.29, 0.717) is 16.7 Å². The average molecular weight is 321 g/mol. The third-order valence-electron chi connectivity index (χ3n) is 9.29. The Balaban J connectivity index is 1.60. The van der Waals surface area contributed by atoms with Crippen molar-refractivity contribution in [1.82, 2.24) is 0 Å². The SMILES string of the molecule is C[C@H](O)[C@@H]1CC[C@@H]2[C@@H]3CC[C@H]4C[C@H](O)CC[C@]4(C)[C@@H]3CC[C@]21C. The highest BCUT2D eigenvalue weighted by Crippen LogP contribution is 2.67. The van der Waals surface area contributed by atoms with Crippen LogP contribution in [0.15, 0.2) is 0 Å². The first-order chi connectivity index (χ1) is 10.9. The van der Waals surface area contributed by atoms with Crippen molar-refractivity contribution >= 4 is 0 Å². The Morgan fingerprint density at radius 2 is 1.57 bits per heavy atom. The maximum Gasteiger partial charge on any atom is 0.0545 e. The molecule has 0 spiro atoms. The summed E-state index contributed by atoms with van der Waals surface area (Å²) in [6.45, 7) is 7.08. The molecular weight excluding hydrogens is 284 g/mol. The molecule has 4 aliphatic rings. The van der Waals surface area contributed by atoms with Crippen molar-refractivity contribution in [2.75, 3.05) is 0 Å². The van der Waals surface area contributed by atoms with E-state index in [1.54, 1.807) is 0 Å². The van der Waals surface area contributed by atoms with E-state index in [1.165, 1.54) is 44.9 Å². The van der Waals surface area contributed by atoms with E-state index in [-0.39, 0.29) is 12.2 Å². The van der Waals surface area contributed by atoms with Gasteiger partial charge in [0.25, 0.3) is 0 Å². The molecule has 2 N–H and O–H groups in total. The molecule has 0 saturated heterocycles. The lowest BCUT2D eigenvalue weighted by Crippen LogP contribution is -2.54. The van der Waals surface area contributed by atoms with E-state index >= 15 is 0 Å². The van der Waals surface area contributed by atoms with E-state index in [0.717, 1.165) is 36.5 Å². The van der Waals surface area contributed by atoms with Gasteiger partial charge in [0.15, 0.2) is 0 Å². The van der Waals surface area contributed by atoms with Crippen molar-refractivity contribution < 1.29 is 10.2 Å². The van der Waals surface area contributed by atoms with Crippen LogP contribution in [-0.2, 0) is 0 Å². The molecule has 0 aromatic heterocycles. The Bertz CT molecular complexity index is 461. The van der Waals surface area contributed by atoms with Gasteiger partial charge in [-0.2, -0.15) is 0 Å².